The summed E-state index contributed by atoms with van der Waals surface area (Å²) in [6.45, 7) is 0.0235. The van der Waals surface area contributed by atoms with Gasteiger partial charge < -0.3 is 14.9 Å². The predicted octanol–water partition coefficient (Wildman–Crippen LogP) is 3.08. The van der Waals surface area contributed by atoms with Crippen LogP contribution in [0.2, 0.25) is 5.02 Å². The first-order valence-electron chi connectivity index (χ1n) is 5.99. The molecule has 2 aromatic carbocycles. The van der Waals surface area contributed by atoms with Crippen LogP contribution in [0.15, 0.2) is 42.5 Å². The first-order chi connectivity index (χ1) is 9.61. The fourth-order valence-electron chi connectivity index (χ4n) is 1.83. The molecule has 4 nitrogen and oxygen atoms in total. The second kappa shape index (κ2) is 6.41. The van der Waals surface area contributed by atoms with E-state index in [-0.39, 0.29) is 18.8 Å². The van der Waals surface area contributed by atoms with Gasteiger partial charge in [-0.1, -0.05) is 23.7 Å². The first kappa shape index (κ1) is 14.4. The standard InChI is InChI=1S/C15H13ClO4/c16-12-3-1-2-10(8-12)13-9-11(15(18)19)4-5-14(13)20-7-6-17/h1-5,8-9,17H,6-7H2,(H,18,19). The fraction of sp³-hybridized carbons (Fsp3) is 0.133. The van der Waals surface area contributed by atoms with E-state index in [1.807, 2.05) is 6.07 Å². The molecule has 2 rings (SSSR count). The summed E-state index contributed by atoms with van der Waals surface area (Å²) >= 11 is 5.96. The van der Waals surface area contributed by atoms with Crippen LogP contribution in [-0.4, -0.2) is 29.4 Å². The summed E-state index contributed by atoms with van der Waals surface area (Å²) in [6.07, 6.45) is 0. The Morgan fingerprint density at radius 1 is 1.20 bits per heavy atom. The Bertz CT molecular complexity index is 625. The molecule has 0 saturated carbocycles. The van der Waals surface area contributed by atoms with Crippen molar-refractivity contribution in [3.63, 3.8) is 0 Å². The maximum absolute atomic E-state index is 11.1. The van der Waals surface area contributed by atoms with Crippen molar-refractivity contribution >= 4 is 17.6 Å². The van der Waals surface area contributed by atoms with Crippen LogP contribution < -0.4 is 4.74 Å². The van der Waals surface area contributed by atoms with Gasteiger partial charge >= 0.3 is 5.97 Å². The van der Waals surface area contributed by atoms with Crippen molar-refractivity contribution in [3.05, 3.63) is 53.1 Å². The Labute approximate surface area is 121 Å². The van der Waals surface area contributed by atoms with E-state index in [9.17, 15) is 4.79 Å². The maximum atomic E-state index is 11.1. The lowest BCUT2D eigenvalue weighted by atomic mass is 10.0. The Morgan fingerprint density at radius 3 is 2.65 bits per heavy atom. The molecule has 104 valence electrons. The van der Waals surface area contributed by atoms with Gasteiger partial charge in [-0.15, -0.1) is 0 Å². The second-order valence-corrected chi connectivity index (χ2v) is 4.53. The summed E-state index contributed by atoms with van der Waals surface area (Å²) in [6, 6.07) is 11.6. The van der Waals surface area contributed by atoms with Crippen LogP contribution >= 0.6 is 11.6 Å². The average molecular weight is 293 g/mol. The fourth-order valence-corrected chi connectivity index (χ4v) is 2.02. The number of hydrogen-bond donors (Lipinski definition) is 2. The van der Waals surface area contributed by atoms with E-state index in [2.05, 4.69) is 0 Å². The van der Waals surface area contributed by atoms with Gasteiger partial charge in [-0.25, -0.2) is 4.79 Å². The van der Waals surface area contributed by atoms with Crippen LogP contribution in [0.4, 0.5) is 0 Å². The minimum absolute atomic E-state index is 0.115. The van der Waals surface area contributed by atoms with E-state index in [1.165, 1.54) is 12.1 Å². The SMILES string of the molecule is O=C(O)c1ccc(OCCO)c(-c2cccc(Cl)c2)c1. The Morgan fingerprint density at radius 2 is 2.00 bits per heavy atom. The van der Waals surface area contributed by atoms with Gasteiger partial charge in [0, 0.05) is 10.6 Å². The quantitative estimate of drug-likeness (QED) is 0.889. The number of carboxylic acids is 1. The number of aromatic carboxylic acids is 1. The molecular weight excluding hydrogens is 280 g/mol. The molecule has 0 unspecified atom stereocenters. The highest BCUT2D eigenvalue weighted by molar-refractivity contribution is 6.30. The van der Waals surface area contributed by atoms with Crippen molar-refractivity contribution in [1.82, 2.24) is 0 Å². The van der Waals surface area contributed by atoms with Crippen LogP contribution in [0.1, 0.15) is 10.4 Å². The lowest BCUT2D eigenvalue weighted by Gasteiger charge is -2.12. The third-order valence-corrected chi connectivity index (χ3v) is 2.95. The van der Waals surface area contributed by atoms with Gasteiger partial charge in [-0.05, 0) is 35.9 Å². The summed E-state index contributed by atoms with van der Waals surface area (Å²) in [5, 5.41) is 18.5. The molecule has 0 aromatic heterocycles. The van der Waals surface area contributed by atoms with E-state index in [1.54, 1.807) is 24.3 Å². The molecular formula is C15H13ClO4. The third-order valence-electron chi connectivity index (χ3n) is 2.71. The van der Waals surface area contributed by atoms with Gasteiger partial charge in [0.05, 0.1) is 12.2 Å². The summed E-state index contributed by atoms with van der Waals surface area (Å²) in [5.74, 6) is -0.506. The monoisotopic (exact) mass is 292 g/mol. The number of hydrogen-bond acceptors (Lipinski definition) is 3. The van der Waals surface area contributed by atoms with Crippen LogP contribution in [0, 0.1) is 0 Å². The molecule has 20 heavy (non-hydrogen) atoms. The second-order valence-electron chi connectivity index (χ2n) is 4.10. The van der Waals surface area contributed by atoms with E-state index in [0.29, 0.717) is 16.3 Å². The van der Waals surface area contributed by atoms with Crippen molar-refractivity contribution < 1.29 is 19.7 Å². The number of ether oxygens (including phenoxy) is 1. The van der Waals surface area contributed by atoms with Crippen molar-refractivity contribution in [2.75, 3.05) is 13.2 Å². The highest BCUT2D eigenvalue weighted by atomic mass is 35.5. The molecule has 0 aliphatic carbocycles. The van der Waals surface area contributed by atoms with Crippen molar-refractivity contribution in [2.24, 2.45) is 0 Å². The van der Waals surface area contributed by atoms with Crippen molar-refractivity contribution in [1.29, 1.82) is 0 Å². The Kier molecular flexibility index (Phi) is 4.61. The molecule has 2 N–H and O–H groups in total. The molecule has 2 aromatic rings. The summed E-state index contributed by atoms with van der Waals surface area (Å²) in [7, 11) is 0. The molecule has 0 spiro atoms. The zero-order valence-corrected chi connectivity index (χ0v) is 11.3. The van der Waals surface area contributed by atoms with Crippen LogP contribution in [0.5, 0.6) is 5.75 Å². The van der Waals surface area contributed by atoms with Crippen LogP contribution in [0.3, 0.4) is 0 Å². The molecule has 0 aliphatic rings. The molecule has 0 fully saturated rings. The zero-order chi connectivity index (χ0) is 14.5. The molecule has 5 heteroatoms. The number of carboxylic acid groups (broad SMARTS) is 1. The smallest absolute Gasteiger partial charge is 0.335 e. The molecule has 0 amide bonds. The van der Waals surface area contributed by atoms with Crippen LogP contribution in [0.25, 0.3) is 11.1 Å². The summed E-state index contributed by atoms with van der Waals surface area (Å²) in [5.41, 5.74) is 1.55. The number of aliphatic hydroxyl groups excluding tert-OH is 1. The van der Waals surface area contributed by atoms with Gasteiger partial charge in [0.2, 0.25) is 0 Å². The number of benzene rings is 2. The van der Waals surface area contributed by atoms with Gasteiger partial charge in [0.25, 0.3) is 0 Å². The molecule has 0 aliphatic heterocycles. The highest BCUT2D eigenvalue weighted by Crippen LogP contribution is 2.32. The van der Waals surface area contributed by atoms with Gasteiger partial charge in [-0.3, -0.25) is 0 Å². The number of carbonyl (C=O) groups is 1. The number of rotatable bonds is 5. The van der Waals surface area contributed by atoms with Crippen LogP contribution in [-0.2, 0) is 0 Å². The van der Waals surface area contributed by atoms with Crippen molar-refractivity contribution in [2.45, 2.75) is 0 Å². The summed E-state index contributed by atoms with van der Waals surface area (Å²) in [4.78, 5) is 11.1. The normalized spacial score (nSPS) is 10.3. The molecule has 0 radical (unpaired) electrons. The zero-order valence-electron chi connectivity index (χ0n) is 10.5. The minimum Gasteiger partial charge on any atom is -0.491 e. The van der Waals surface area contributed by atoms with E-state index in [4.69, 9.17) is 26.6 Å². The van der Waals surface area contributed by atoms with E-state index >= 15 is 0 Å². The van der Waals surface area contributed by atoms with Crippen molar-refractivity contribution in [3.8, 4) is 16.9 Å². The largest absolute Gasteiger partial charge is 0.491 e. The highest BCUT2D eigenvalue weighted by Gasteiger charge is 2.11. The average Bonchev–Trinajstić information content (AvgIpc) is 2.44. The lowest BCUT2D eigenvalue weighted by Crippen LogP contribution is -2.04. The van der Waals surface area contributed by atoms with Gasteiger partial charge in [0.1, 0.15) is 12.4 Å². The van der Waals surface area contributed by atoms with Gasteiger partial charge in [-0.2, -0.15) is 0 Å². The minimum atomic E-state index is -1.01. The van der Waals surface area contributed by atoms with E-state index < -0.39 is 5.97 Å². The Balaban J connectivity index is 2.51. The molecule has 0 atom stereocenters. The van der Waals surface area contributed by atoms with Gasteiger partial charge in [0.15, 0.2) is 0 Å². The summed E-state index contributed by atoms with van der Waals surface area (Å²) < 4.78 is 5.43. The Hall–Kier alpha value is -2.04. The molecule has 0 bridgehead atoms. The molecule has 0 heterocycles. The predicted molar refractivity (Wildman–Crippen MR) is 76.4 cm³/mol. The lowest BCUT2D eigenvalue weighted by molar-refractivity contribution is 0.0697. The maximum Gasteiger partial charge on any atom is 0.335 e. The van der Waals surface area contributed by atoms with E-state index in [0.717, 1.165) is 5.56 Å². The molecule has 0 saturated heterocycles. The number of aliphatic hydroxyl groups is 1. The first-order valence-corrected chi connectivity index (χ1v) is 6.36. The third kappa shape index (κ3) is 3.29. The topological polar surface area (TPSA) is 66.8 Å². The number of halogens is 1.